The van der Waals surface area contributed by atoms with E-state index in [2.05, 4.69) is 18.7 Å². The molecule has 0 amide bonds. The van der Waals surface area contributed by atoms with Crippen molar-refractivity contribution in [3.05, 3.63) is 34.6 Å². The van der Waals surface area contributed by atoms with E-state index in [1.54, 1.807) is 6.07 Å². The van der Waals surface area contributed by atoms with Crippen molar-refractivity contribution < 1.29 is 4.39 Å². The van der Waals surface area contributed by atoms with Crippen LogP contribution in [-0.4, -0.2) is 18.0 Å². The molecule has 0 aromatic heterocycles. The van der Waals surface area contributed by atoms with Crippen molar-refractivity contribution in [1.29, 1.82) is 0 Å². The lowest BCUT2D eigenvalue weighted by Crippen LogP contribution is -2.31. The molecule has 2 rings (SSSR count). The van der Waals surface area contributed by atoms with Gasteiger partial charge in [0.25, 0.3) is 0 Å². The molecule has 0 bridgehead atoms. The molecule has 88 valence electrons. The Morgan fingerprint density at radius 3 is 2.75 bits per heavy atom. The molecule has 1 heterocycles. The zero-order chi connectivity index (χ0) is 11.5. The Labute approximate surface area is 97.3 Å². The highest BCUT2D eigenvalue weighted by molar-refractivity contribution is 5.38. The van der Waals surface area contributed by atoms with E-state index in [1.807, 2.05) is 6.07 Å². The first-order valence-corrected chi connectivity index (χ1v) is 6.27. The zero-order valence-corrected chi connectivity index (χ0v) is 10.2. The molecule has 0 spiro atoms. The summed E-state index contributed by atoms with van der Waals surface area (Å²) in [7, 11) is 0. The summed E-state index contributed by atoms with van der Waals surface area (Å²) in [5.41, 5.74) is 3.58. The summed E-state index contributed by atoms with van der Waals surface area (Å²) in [4.78, 5) is 2.31. The van der Waals surface area contributed by atoms with Gasteiger partial charge in [0.1, 0.15) is 5.82 Å². The Hall–Kier alpha value is -0.890. The Bertz CT molecular complexity index is 373. The van der Waals surface area contributed by atoms with Gasteiger partial charge >= 0.3 is 0 Å². The van der Waals surface area contributed by atoms with Crippen LogP contribution in [-0.2, 0) is 19.4 Å². The molecule has 0 radical (unpaired) electrons. The maximum Gasteiger partial charge on any atom is 0.127 e. The first kappa shape index (κ1) is 11.6. The van der Waals surface area contributed by atoms with Crippen molar-refractivity contribution in [2.75, 3.05) is 13.1 Å². The Morgan fingerprint density at radius 2 is 2.06 bits per heavy atom. The molecule has 0 atom stereocenters. The normalized spacial score (nSPS) is 16.2. The number of likely N-dealkylation sites (N-methyl/N-ethyl adjacent to an activating group) is 1. The third kappa shape index (κ3) is 2.12. The highest BCUT2D eigenvalue weighted by Gasteiger charge is 2.20. The van der Waals surface area contributed by atoms with Crippen molar-refractivity contribution in [2.45, 2.75) is 39.7 Å². The van der Waals surface area contributed by atoms with Gasteiger partial charge in [-0.1, -0.05) is 26.3 Å². The fourth-order valence-electron chi connectivity index (χ4n) is 2.54. The second-order valence-electron chi connectivity index (χ2n) is 4.53. The van der Waals surface area contributed by atoms with Crippen molar-refractivity contribution in [3.63, 3.8) is 0 Å². The fraction of sp³-hybridized carbons (Fsp3) is 0.571. The molecule has 0 fully saturated rings. The largest absolute Gasteiger partial charge is 0.299 e. The SMILES string of the molecule is CCCc1ccc(F)c2c1CCN(CC)C2. The average Bonchev–Trinajstić information content (AvgIpc) is 2.33. The van der Waals surface area contributed by atoms with Crippen LogP contribution in [0.15, 0.2) is 12.1 Å². The Kier molecular flexibility index (Phi) is 3.59. The minimum absolute atomic E-state index is 0.0204. The van der Waals surface area contributed by atoms with Gasteiger partial charge in [-0.2, -0.15) is 0 Å². The summed E-state index contributed by atoms with van der Waals surface area (Å²) < 4.78 is 13.8. The van der Waals surface area contributed by atoms with E-state index in [-0.39, 0.29) is 5.82 Å². The third-order valence-corrected chi connectivity index (χ3v) is 3.50. The number of hydrogen-bond donors (Lipinski definition) is 0. The van der Waals surface area contributed by atoms with Gasteiger partial charge in [-0.3, -0.25) is 4.90 Å². The summed E-state index contributed by atoms with van der Waals surface area (Å²) >= 11 is 0. The van der Waals surface area contributed by atoms with Crippen LogP contribution in [0.2, 0.25) is 0 Å². The maximum absolute atomic E-state index is 13.8. The van der Waals surface area contributed by atoms with Crippen LogP contribution in [0.25, 0.3) is 0 Å². The minimum Gasteiger partial charge on any atom is -0.299 e. The number of aryl methyl sites for hydroxylation is 1. The average molecular weight is 221 g/mol. The van der Waals surface area contributed by atoms with Gasteiger partial charge in [0, 0.05) is 18.7 Å². The number of nitrogens with zero attached hydrogens (tertiary/aromatic N) is 1. The number of halogens is 1. The molecule has 1 aromatic carbocycles. The Balaban J connectivity index is 2.35. The quantitative estimate of drug-likeness (QED) is 0.758. The van der Waals surface area contributed by atoms with Gasteiger partial charge in [-0.05, 0) is 36.6 Å². The summed E-state index contributed by atoms with van der Waals surface area (Å²) in [6, 6.07) is 3.61. The smallest absolute Gasteiger partial charge is 0.127 e. The molecular weight excluding hydrogens is 201 g/mol. The molecule has 1 aliphatic rings. The van der Waals surface area contributed by atoms with Crippen LogP contribution in [0.4, 0.5) is 4.39 Å². The molecule has 0 saturated carbocycles. The van der Waals surface area contributed by atoms with Gasteiger partial charge in [0.15, 0.2) is 0 Å². The molecular formula is C14H20FN. The number of hydrogen-bond acceptors (Lipinski definition) is 1. The summed E-state index contributed by atoms with van der Waals surface area (Å²) in [6.07, 6.45) is 3.22. The van der Waals surface area contributed by atoms with Crippen LogP contribution in [0.3, 0.4) is 0 Å². The molecule has 0 aliphatic carbocycles. The van der Waals surface area contributed by atoms with E-state index in [4.69, 9.17) is 0 Å². The fourth-order valence-corrected chi connectivity index (χ4v) is 2.54. The predicted molar refractivity (Wildman–Crippen MR) is 65.1 cm³/mol. The lowest BCUT2D eigenvalue weighted by Gasteiger charge is -2.29. The molecule has 1 aromatic rings. The van der Waals surface area contributed by atoms with E-state index in [9.17, 15) is 4.39 Å². The van der Waals surface area contributed by atoms with E-state index in [0.29, 0.717) is 0 Å². The molecule has 16 heavy (non-hydrogen) atoms. The third-order valence-electron chi connectivity index (χ3n) is 3.50. The number of benzene rings is 1. The highest BCUT2D eigenvalue weighted by atomic mass is 19.1. The second kappa shape index (κ2) is 4.96. The van der Waals surface area contributed by atoms with Crippen molar-refractivity contribution in [3.8, 4) is 0 Å². The molecule has 0 N–H and O–H groups in total. The van der Waals surface area contributed by atoms with Crippen LogP contribution < -0.4 is 0 Å². The Morgan fingerprint density at radius 1 is 1.25 bits per heavy atom. The molecule has 1 nitrogen and oxygen atoms in total. The van der Waals surface area contributed by atoms with Crippen LogP contribution in [0.1, 0.15) is 37.0 Å². The lowest BCUT2D eigenvalue weighted by atomic mass is 9.92. The van der Waals surface area contributed by atoms with Gasteiger partial charge in [0.05, 0.1) is 0 Å². The van der Waals surface area contributed by atoms with Gasteiger partial charge in [-0.15, -0.1) is 0 Å². The van der Waals surface area contributed by atoms with Gasteiger partial charge in [0.2, 0.25) is 0 Å². The summed E-state index contributed by atoms with van der Waals surface area (Å²) in [5.74, 6) is -0.0204. The molecule has 0 unspecified atom stereocenters. The standard InChI is InChI=1S/C14H20FN/c1-3-5-11-6-7-14(15)13-10-16(4-2)9-8-12(11)13/h6-7H,3-5,8-10H2,1-2H3. The topological polar surface area (TPSA) is 3.24 Å². The van der Waals surface area contributed by atoms with E-state index in [1.165, 1.54) is 11.1 Å². The first-order valence-electron chi connectivity index (χ1n) is 6.27. The second-order valence-corrected chi connectivity index (χ2v) is 4.53. The van der Waals surface area contributed by atoms with Gasteiger partial charge < -0.3 is 0 Å². The number of fused-ring (bicyclic) bond motifs is 1. The first-order chi connectivity index (χ1) is 7.76. The summed E-state index contributed by atoms with van der Waals surface area (Å²) in [5, 5.41) is 0. The van der Waals surface area contributed by atoms with E-state index < -0.39 is 0 Å². The van der Waals surface area contributed by atoms with Crippen molar-refractivity contribution >= 4 is 0 Å². The summed E-state index contributed by atoms with van der Waals surface area (Å²) in [6.45, 7) is 7.19. The molecule has 2 heteroatoms. The van der Waals surface area contributed by atoms with E-state index in [0.717, 1.165) is 44.5 Å². The van der Waals surface area contributed by atoms with Crippen LogP contribution in [0, 0.1) is 5.82 Å². The van der Waals surface area contributed by atoms with Crippen molar-refractivity contribution in [1.82, 2.24) is 4.90 Å². The molecule has 0 saturated heterocycles. The van der Waals surface area contributed by atoms with E-state index >= 15 is 0 Å². The highest BCUT2D eigenvalue weighted by Crippen LogP contribution is 2.25. The lowest BCUT2D eigenvalue weighted by molar-refractivity contribution is 0.262. The molecule has 1 aliphatic heterocycles. The monoisotopic (exact) mass is 221 g/mol. The van der Waals surface area contributed by atoms with Crippen LogP contribution in [0.5, 0.6) is 0 Å². The van der Waals surface area contributed by atoms with Gasteiger partial charge in [-0.25, -0.2) is 4.39 Å². The predicted octanol–water partition coefficient (Wildman–Crippen LogP) is 3.16. The maximum atomic E-state index is 13.8. The number of rotatable bonds is 3. The van der Waals surface area contributed by atoms with Crippen molar-refractivity contribution in [2.24, 2.45) is 0 Å². The zero-order valence-electron chi connectivity index (χ0n) is 10.2. The van der Waals surface area contributed by atoms with Crippen LogP contribution >= 0.6 is 0 Å². The minimum atomic E-state index is -0.0204.